The second-order valence-corrected chi connectivity index (χ2v) is 7.08. The molecule has 0 amide bonds. The van der Waals surface area contributed by atoms with E-state index < -0.39 is 0 Å². The molecule has 3 aliphatic carbocycles. The Morgan fingerprint density at radius 2 is 2.00 bits per heavy atom. The number of carbonyl (C=O) groups excluding carboxylic acids is 1. The van der Waals surface area contributed by atoms with Gasteiger partial charge in [0.05, 0.1) is 12.4 Å². The van der Waals surface area contributed by atoms with Crippen LogP contribution in [0.4, 0.5) is 0 Å². The summed E-state index contributed by atoms with van der Waals surface area (Å²) in [5, 5.41) is 19.6. The highest BCUT2D eigenvalue weighted by molar-refractivity contribution is 5.97. The van der Waals surface area contributed by atoms with Gasteiger partial charge in [-0.05, 0) is 55.3 Å². The van der Waals surface area contributed by atoms with Crippen molar-refractivity contribution >= 4 is 5.78 Å². The largest absolute Gasteiger partial charge is 0.515 e. The summed E-state index contributed by atoms with van der Waals surface area (Å²) in [7, 11) is 0. The molecule has 0 saturated heterocycles. The van der Waals surface area contributed by atoms with E-state index in [1.165, 1.54) is 0 Å². The van der Waals surface area contributed by atoms with Gasteiger partial charge in [0.25, 0.3) is 0 Å². The zero-order valence-electron chi connectivity index (χ0n) is 11.8. The molecule has 19 heavy (non-hydrogen) atoms. The first kappa shape index (κ1) is 13.2. The van der Waals surface area contributed by atoms with Gasteiger partial charge >= 0.3 is 0 Å². The van der Waals surface area contributed by atoms with Crippen LogP contribution in [0, 0.1) is 29.1 Å². The van der Waals surface area contributed by atoms with E-state index in [-0.39, 0.29) is 23.2 Å². The van der Waals surface area contributed by atoms with Crippen LogP contribution in [0.1, 0.15) is 46.0 Å². The van der Waals surface area contributed by atoms with Gasteiger partial charge in [-0.1, -0.05) is 13.8 Å². The van der Waals surface area contributed by atoms with Crippen molar-refractivity contribution in [2.24, 2.45) is 29.1 Å². The summed E-state index contributed by atoms with van der Waals surface area (Å²) in [5.41, 5.74) is 0.626. The average Bonchev–Trinajstić information content (AvgIpc) is 2.70. The van der Waals surface area contributed by atoms with Crippen molar-refractivity contribution in [3.63, 3.8) is 0 Å². The molecule has 0 heterocycles. The lowest BCUT2D eigenvalue weighted by Gasteiger charge is -2.51. The van der Waals surface area contributed by atoms with Gasteiger partial charge in [-0.3, -0.25) is 4.79 Å². The Kier molecular flexibility index (Phi) is 3.01. The lowest BCUT2D eigenvalue weighted by Crippen LogP contribution is -2.48. The van der Waals surface area contributed by atoms with E-state index in [0.29, 0.717) is 29.7 Å². The SMILES string of the molecule is CC1C(=O)C(=CO)CC2C1CCC1(C)C(O)CCC21. The van der Waals surface area contributed by atoms with Gasteiger partial charge in [0.15, 0.2) is 5.78 Å². The first-order chi connectivity index (χ1) is 8.99. The number of aliphatic hydroxyl groups is 2. The lowest BCUT2D eigenvalue weighted by atomic mass is 9.53. The van der Waals surface area contributed by atoms with Crippen LogP contribution < -0.4 is 0 Å². The van der Waals surface area contributed by atoms with Gasteiger partial charge in [-0.25, -0.2) is 0 Å². The normalized spacial score (nSPS) is 52.1. The minimum atomic E-state index is -0.187. The number of allylic oxidation sites excluding steroid dienone is 1. The number of ketones is 1. The molecule has 0 aliphatic heterocycles. The van der Waals surface area contributed by atoms with Gasteiger partial charge in [-0.15, -0.1) is 0 Å². The summed E-state index contributed by atoms with van der Waals surface area (Å²) in [4.78, 5) is 12.2. The fourth-order valence-electron chi connectivity index (χ4n) is 5.16. The van der Waals surface area contributed by atoms with Crippen LogP contribution in [0.25, 0.3) is 0 Å². The van der Waals surface area contributed by atoms with E-state index >= 15 is 0 Å². The molecule has 3 nitrogen and oxygen atoms in total. The lowest BCUT2D eigenvalue weighted by molar-refractivity contribution is -0.128. The van der Waals surface area contributed by atoms with Crippen molar-refractivity contribution in [3.05, 3.63) is 11.8 Å². The quantitative estimate of drug-likeness (QED) is 0.522. The maximum atomic E-state index is 12.2. The first-order valence-electron chi connectivity index (χ1n) is 7.54. The van der Waals surface area contributed by atoms with Gasteiger partial charge in [0.1, 0.15) is 0 Å². The van der Waals surface area contributed by atoms with Crippen molar-refractivity contribution in [2.45, 2.75) is 52.1 Å². The topological polar surface area (TPSA) is 57.5 Å². The Balaban J connectivity index is 1.93. The zero-order chi connectivity index (χ0) is 13.8. The molecule has 3 rings (SSSR count). The summed E-state index contributed by atoms with van der Waals surface area (Å²) in [6.45, 7) is 4.23. The van der Waals surface area contributed by atoms with Crippen molar-refractivity contribution in [2.75, 3.05) is 0 Å². The number of hydrogen-bond donors (Lipinski definition) is 2. The third kappa shape index (κ3) is 1.70. The third-order valence-electron chi connectivity index (χ3n) is 6.43. The second-order valence-electron chi connectivity index (χ2n) is 7.08. The Morgan fingerprint density at radius 3 is 2.68 bits per heavy atom. The second kappa shape index (κ2) is 4.34. The number of hydrogen-bond acceptors (Lipinski definition) is 3. The highest BCUT2D eigenvalue weighted by Crippen LogP contribution is 2.60. The monoisotopic (exact) mass is 264 g/mol. The molecular weight excluding hydrogens is 240 g/mol. The molecule has 0 aromatic carbocycles. The minimum Gasteiger partial charge on any atom is -0.515 e. The fraction of sp³-hybridized carbons (Fsp3) is 0.812. The number of Topliss-reactive ketones (excluding diaryl/α,β-unsaturated/α-hetero) is 1. The van der Waals surface area contributed by atoms with E-state index in [0.717, 1.165) is 31.9 Å². The van der Waals surface area contributed by atoms with E-state index in [2.05, 4.69) is 6.92 Å². The predicted molar refractivity (Wildman–Crippen MR) is 72.6 cm³/mol. The molecule has 0 bridgehead atoms. The Hall–Kier alpha value is -0.830. The first-order valence-corrected chi connectivity index (χ1v) is 7.54. The van der Waals surface area contributed by atoms with Gasteiger partial charge < -0.3 is 10.2 Å². The summed E-state index contributed by atoms with van der Waals surface area (Å²) in [6.07, 6.45) is 5.58. The van der Waals surface area contributed by atoms with E-state index in [4.69, 9.17) is 0 Å². The third-order valence-corrected chi connectivity index (χ3v) is 6.43. The maximum Gasteiger partial charge on any atom is 0.165 e. The number of carbonyl (C=O) groups is 1. The van der Waals surface area contributed by atoms with Crippen LogP contribution in [-0.2, 0) is 4.79 Å². The molecule has 6 atom stereocenters. The molecule has 6 unspecified atom stereocenters. The van der Waals surface area contributed by atoms with Gasteiger partial charge in [0, 0.05) is 11.5 Å². The number of aliphatic hydroxyl groups excluding tert-OH is 2. The Bertz CT molecular complexity index is 428. The molecule has 0 aromatic rings. The number of fused-ring (bicyclic) bond motifs is 3. The minimum absolute atomic E-state index is 0.0273. The van der Waals surface area contributed by atoms with Crippen LogP contribution in [0.2, 0.25) is 0 Å². The molecule has 3 fully saturated rings. The van der Waals surface area contributed by atoms with Crippen molar-refractivity contribution < 1.29 is 15.0 Å². The summed E-state index contributed by atoms with van der Waals surface area (Å²) in [5.74, 6) is 1.57. The zero-order valence-corrected chi connectivity index (χ0v) is 11.8. The van der Waals surface area contributed by atoms with Crippen LogP contribution in [0.5, 0.6) is 0 Å². The molecule has 2 N–H and O–H groups in total. The Labute approximate surface area is 114 Å². The van der Waals surface area contributed by atoms with E-state index in [9.17, 15) is 15.0 Å². The molecule has 106 valence electrons. The molecule has 3 heteroatoms. The molecule has 3 aliphatic rings. The van der Waals surface area contributed by atoms with Crippen LogP contribution in [0.15, 0.2) is 11.8 Å². The predicted octanol–water partition coefficient (Wildman–Crippen LogP) is 2.84. The van der Waals surface area contributed by atoms with Crippen LogP contribution in [-0.4, -0.2) is 22.1 Å². The standard InChI is InChI=1S/C16H24O3/c1-9-11-5-6-16(2)13(3-4-14(16)18)12(11)7-10(8-17)15(9)19/h8-9,11-14,17-18H,3-7H2,1-2H3. The molecular formula is C16H24O3. The molecule has 3 saturated carbocycles. The highest BCUT2D eigenvalue weighted by atomic mass is 16.3. The smallest absolute Gasteiger partial charge is 0.165 e. The van der Waals surface area contributed by atoms with E-state index in [1.54, 1.807) is 0 Å². The van der Waals surface area contributed by atoms with Gasteiger partial charge in [0.2, 0.25) is 0 Å². The van der Waals surface area contributed by atoms with Crippen LogP contribution >= 0.6 is 0 Å². The van der Waals surface area contributed by atoms with Crippen molar-refractivity contribution in [1.82, 2.24) is 0 Å². The van der Waals surface area contributed by atoms with Crippen molar-refractivity contribution in [1.29, 1.82) is 0 Å². The molecule has 0 radical (unpaired) electrons. The summed E-state index contributed by atoms with van der Waals surface area (Å²) < 4.78 is 0. The van der Waals surface area contributed by atoms with E-state index in [1.807, 2.05) is 6.92 Å². The fourth-order valence-corrected chi connectivity index (χ4v) is 5.16. The number of rotatable bonds is 0. The average molecular weight is 264 g/mol. The Morgan fingerprint density at radius 1 is 1.26 bits per heavy atom. The summed E-state index contributed by atoms with van der Waals surface area (Å²) in [6, 6.07) is 0. The highest BCUT2D eigenvalue weighted by Gasteiger charge is 2.56. The van der Waals surface area contributed by atoms with Crippen LogP contribution in [0.3, 0.4) is 0 Å². The summed E-state index contributed by atoms with van der Waals surface area (Å²) >= 11 is 0. The molecule has 0 spiro atoms. The van der Waals surface area contributed by atoms with Crippen molar-refractivity contribution in [3.8, 4) is 0 Å². The maximum absolute atomic E-state index is 12.2. The van der Waals surface area contributed by atoms with Gasteiger partial charge in [-0.2, -0.15) is 0 Å². The molecule has 0 aromatic heterocycles.